The highest BCUT2D eigenvalue weighted by molar-refractivity contribution is 5.97. The number of nitrogens with zero attached hydrogens (tertiary/aromatic N) is 1. The van der Waals surface area contributed by atoms with Crippen LogP contribution < -0.4 is 5.32 Å². The topological polar surface area (TPSA) is 69.6 Å². The van der Waals surface area contributed by atoms with Crippen LogP contribution in [0.4, 0.5) is 4.39 Å². The van der Waals surface area contributed by atoms with E-state index in [0.29, 0.717) is 18.5 Å². The Morgan fingerprint density at radius 2 is 2.12 bits per heavy atom. The maximum Gasteiger partial charge on any atom is 0.232 e. The first-order chi connectivity index (χ1) is 11.5. The molecule has 2 atom stereocenters. The second kappa shape index (κ2) is 8.46. The molecule has 0 aliphatic carbocycles. The Morgan fingerprint density at radius 3 is 2.79 bits per heavy atom. The maximum absolute atomic E-state index is 12.9. The summed E-state index contributed by atoms with van der Waals surface area (Å²) in [4.78, 5) is 25.5. The number of terminal acetylenes is 1. The van der Waals surface area contributed by atoms with Crippen molar-refractivity contribution in [2.24, 2.45) is 0 Å². The number of rotatable bonds is 6. The minimum absolute atomic E-state index is 0.0961. The Morgan fingerprint density at radius 1 is 1.42 bits per heavy atom. The van der Waals surface area contributed by atoms with Crippen molar-refractivity contribution < 1.29 is 19.1 Å². The van der Waals surface area contributed by atoms with Gasteiger partial charge in [-0.15, -0.1) is 6.42 Å². The Bertz CT molecular complexity index is 624. The second-order valence-electron chi connectivity index (χ2n) is 5.84. The van der Waals surface area contributed by atoms with Crippen LogP contribution >= 0.6 is 0 Å². The van der Waals surface area contributed by atoms with E-state index in [-0.39, 0.29) is 30.7 Å². The van der Waals surface area contributed by atoms with Crippen LogP contribution in [0.25, 0.3) is 0 Å². The van der Waals surface area contributed by atoms with Crippen LogP contribution in [0.15, 0.2) is 24.3 Å². The molecule has 6 heteroatoms. The Balaban J connectivity index is 1.92. The van der Waals surface area contributed by atoms with Crippen molar-refractivity contribution in [3.8, 4) is 12.3 Å². The lowest BCUT2D eigenvalue weighted by Gasteiger charge is -2.26. The third-order valence-electron chi connectivity index (χ3n) is 4.15. The van der Waals surface area contributed by atoms with Crippen molar-refractivity contribution in [2.45, 2.75) is 37.8 Å². The first-order valence-corrected chi connectivity index (χ1v) is 7.94. The van der Waals surface area contributed by atoms with E-state index in [9.17, 15) is 19.1 Å². The summed E-state index contributed by atoms with van der Waals surface area (Å²) in [6, 6.07) is 5.54. The number of halogens is 1. The van der Waals surface area contributed by atoms with E-state index < -0.39 is 12.0 Å². The van der Waals surface area contributed by atoms with E-state index in [1.807, 2.05) is 0 Å². The van der Waals surface area contributed by atoms with Crippen LogP contribution in [0.3, 0.4) is 0 Å². The van der Waals surface area contributed by atoms with Crippen LogP contribution in [-0.4, -0.2) is 41.0 Å². The van der Waals surface area contributed by atoms with E-state index in [1.165, 1.54) is 24.3 Å². The highest BCUT2D eigenvalue weighted by Gasteiger charge is 2.31. The molecule has 2 rings (SSSR count). The van der Waals surface area contributed by atoms with Gasteiger partial charge in [0.1, 0.15) is 12.2 Å². The number of carbonyl (C=O) groups excluding carboxylic acids is 2. The Kier molecular flexibility index (Phi) is 6.33. The largest absolute Gasteiger partial charge is 0.388 e. The molecule has 2 N–H and O–H groups in total. The molecule has 0 radical (unpaired) electrons. The van der Waals surface area contributed by atoms with Gasteiger partial charge in [-0.1, -0.05) is 18.1 Å². The van der Waals surface area contributed by atoms with Crippen molar-refractivity contribution in [3.63, 3.8) is 0 Å². The Hall–Kier alpha value is -2.39. The second-order valence-corrected chi connectivity index (χ2v) is 5.84. The molecule has 128 valence electrons. The first-order valence-electron chi connectivity index (χ1n) is 7.94. The molecular formula is C18H21FN2O3. The van der Waals surface area contributed by atoms with E-state index >= 15 is 0 Å². The smallest absolute Gasteiger partial charge is 0.232 e. The van der Waals surface area contributed by atoms with Gasteiger partial charge in [-0.3, -0.25) is 9.59 Å². The summed E-state index contributed by atoms with van der Waals surface area (Å²) < 4.78 is 12.9. The minimum atomic E-state index is -0.778. The highest BCUT2D eigenvalue weighted by atomic mass is 19.1. The predicted octanol–water partition coefficient (Wildman–Crippen LogP) is 1.38. The summed E-state index contributed by atoms with van der Waals surface area (Å²) in [5.41, 5.74) is 0.613. The molecule has 24 heavy (non-hydrogen) atoms. The average Bonchev–Trinajstić information content (AvgIpc) is 3.01. The number of hydrogen-bond donors (Lipinski definition) is 2. The summed E-state index contributed by atoms with van der Waals surface area (Å²) >= 11 is 0. The summed E-state index contributed by atoms with van der Waals surface area (Å²) in [7, 11) is 0. The normalized spacial score (nSPS) is 18.0. The number of nitrogens with one attached hydrogen (secondary N) is 1. The molecule has 1 aliphatic heterocycles. The summed E-state index contributed by atoms with van der Waals surface area (Å²) in [5, 5.41) is 12.8. The molecule has 0 bridgehead atoms. The standard InChI is InChI=1S/C18H21FN2O3/c1-2-9-20-17(23)12-18(24)21-10-3-4-15(21)11-16(22)13-5-7-14(19)8-6-13/h1,5-8,15-16,22H,3-4,9-12H2,(H,20,23). The van der Waals surface area contributed by atoms with Gasteiger partial charge in [-0.05, 0) is 37.0 Å². The van der Waals surface area contributed by atoms with Crippen molar-refractivity contribution in [3.05, 3.63) is 35.6 Å². The van der Waals surface area contributed by atoms with E-state index in [0.717, 1.165) is 12.8 Å². The molecule has 1 aliphatic rings. The molecule has 0 aromatic heterocycles. The summed E-state index contributed by atoms with van der Waals surface area (Å²) in [5.74, 6) is 1.26. The van der Waals surface area contributed by atoms with E-state index in [4.69, 9.17) is 6.42 Å². The lowest BCUT2D eigenvalue weighted by Crippen LogP contribution is -2.39. The molecule has 0 saturated carbocycles. The quantitative estimate of drug-likeness (QED) is 0.611. The monoisotopic (exact) mass is 332 g/mol. The van der Waals surface area contributed by atoms with Crippen LogP contribution in [0, 0.1) is 18.2 Å². The van der Waals surface area contributed by atoms with Crippen LogP contribution in [0.5, 0.6) is 0 Å². The van der Waals surface area contributed by atoms with Gasteiger partial charge < -0.3 is 15.3 Å². The van der Waals surface area contributed by atoms with Crippen molar-refractivity contribution in [2.75, 3.05) is 13.1 Å². The number of hydrogen-bond acceptors (Lipinski definition) is 3. The fraction of sp³-hybridized carbons (Fsp3) is 0.444. The molecule has 1 heterocycles. The van der Waals surface area contributed by atoms with Crippen molar-refractivity contribution in [1.29, 1.82) is 0 Å². The zero-order valence-electron chi connectivity index (χ0n) is 13.4. The number of amides is 2. The van der Waals surface area contributed by atoms with Gasteiger partial charge in [0.05, 0.1) is 12.6 Å². The van der Waals surface area contributed by atoms with Gasteiger partial charge in [0.2, 0.25) is 11.8 Å². The third kappa shape index (κ3) is 4.80. The van der Waals surface area contributed by atoms with E-state index in [1.54, 1.807) is 4.90 Å². The third-order valence-corrected chi connectivity index (χ3v) is 4.15. The first kappa shape index (κ1) is 18.0. The molecular weight excluding hydrogens is 311 g/mol. The van der Waals surface area contributed by atoms with Crippen molar-refractivity contribution in [1.82, 2.24) is 10.2 Å². The van der Waals surface area contributed by atoms with Crippen LogP contribution in [-0.2, 0) is 9.59 Å². The van der Waals surface area contributed by atoms with Gasteiger partial charge in [-0.25, -0.2) is 4.39 Å². The number of aliphatic hydroxyl groups excluding tert-OH is 1. The SMILES string of the molecule is C#CCNC(=O)CC(=O)N1CCCC1CC(O)c1ccc(F)cc1. The lowest BCUT2D eigenvalue weighted by atomic mass is 10.0. The molecule has 2 amide bonds. The molecule has 5 nitrogen and oxygen atoms in total. The highest BCUT2D eigenvalue weighted by Crippen LogP contribution is 2.28. The van der Waals surface area contributed by atoms with Crippen LogP contribution in [0.2, 0.25) is 0 Å². The molecule has 1 aromatic rings. The number of aliphatic hydroxyl groups is 1. The number of likely N-dealkylation sites (tertiary alicyclic amines) is 1. The molecule has 0 spiro atoms. The van der Waals surface area contributed by atoms with Gasteiger partial charge in [0.25, 0.3) is 0 Å². The predicted molar refractivity (Wildman–Crippen MR) is 87.2 cm³/mol. The molecule has 2 unspecified atom stereocenters. The van der Waals surface area contributed by atoms with E-state index in [2.05, 4.69) is 11.2 Å². The average molecular weight is 332 g/mol. The van der Waals surface area contributed by atoms with Crippen molar-refractivity contribution >= 4 is 11.8 Å². The van der Waals surface area contributed by atoms with Gasteiger partial charge in [0, 0.05) is 12.6 Å². The zero-order valence-corrected chi connectivity index (χ0v) is 13.4. The zero-order chi connectivity index (χ0) is 17.5. The van der Waals surface area contributed by atoms with Gasteiger partial charge in [-0.2, -0.15) is 0 Å². The molecule has 1 fully saturated rings. The minimum Gasteiger partial charge on any atom is -0.388 e. The van der Waals surface area contributed by atoms with Crippen LogP contribution in [0.1, 0.15) is 37.4 Å². The Labute approximate surface area is 140 Å². The lowest BCUT2D eigenvalue weighted by molar-refractivity contribution is -0.136. The number of carbonyl (C=O) groups is 2. The maximum atomic E-state index is 12.9. The number of benzene rings is 1. The molecule has 1 aromatic carbocycles. The summed E-state index contributed by atoms with van der Waals surface area (Å²) in [6.45, 7) is 0.668. The summed E-state index contributed by atoms with van der Waals surface area (Å²) in [6.07, 6.45) is 6.01. The van der Waals surface area contributed by atoms with Gasteiger partial charge >= 0.3 is 0 Å². The van der Waals surface area contributed by atoms with Gasteiger partial charge in [0.15, 0.2) is 0 Å². The fourth-order valence-electron chi connectivity index (χ4n) is 2.94. The fourth-order valence-corrected chi connectivity index (χ4v) is 2.94. The molecule has 1 saturated heterocycles.